The van der Waals surface area contributed by atoms with Crippen LogP contribution in [0.3, 0.4) is 0 Å². The Bertz CT molecular complexity index is 109. The van der Waals surface area contributed by atoms with Crippen LogP contribution in [0, 0.1) is 0 Å². The first kappa shape index (κ1) is 6.55. The van der Waals surface area contributed by atoms with Gasteiger partial charge in [0.05, 0.1) is 12.4 Å². The van der Waals surface area contributed by atoms with Gasteiger partial charge in [-0.15, -0.1) is 0 Å². The molecule has 1 rings (SSSR count). The highest BCUT2D eigenvalue weighted by atomic mass is 15.1. The van der Waals surface area contributed by atoms with Gasteiger partial charge in [0, 0.05) is 19.5 Å². The van der Waals surface area contributed by atoms with Crippen LogP contribution in [0.5, 0.6) is 0 Å². The van der Waals surface area contributed by atoms with Gasteiger partial charge in [0.2, 0.25) is 0 Å². The van der Waals surface area contributed by atoms with Crippen LogP contribution in [0.4, 0.5) is 0 Å². The molecule has 0 atom stereocenters. The average Bonchev–Trinajstić information content (AvgIpc) is 2.34. The van der Waals surface area contributed by atoms with E-state index < -0.39 is 0 Å². The number of hydrogen-bond donors (Lipinski definition) is 2. The molecule has 1 aliphatic heterocycles. The van der Waals surface area contributed by atoms with Crippen molar-refractivity contribution in [1.82, 2.24) is 10.6 Å². The molecule has 9 heavy (non-hydrogen) atoms. The molecular weight excluding hydrogens is 114 g/mol. The molecule has 0 spiro atoms. The Morgan fingerprint density at radius 3 is 3.22 bits per heavy atom. The van der Waals surface area contributed by atoms with E-state index in [2.05, 4.69) is 15.6 Å². The molecule has 0 aromatic heterocycles. The number of amidine groups is 1. The summed E-state index contributed by atoms with van der Waals surface area (Å²) in [4.78, 5) is 4.24. The Kier molecular flexibility index (Phi) is 2.51. The van der Waals surface area contributed by atoms with Crippen LogP contribution >= 0.6 is 0 Å². The smallest absolute Gasteiger partial charge is 0.0977 e. The Balaban J connectivity index is 2.11. The van der Waals surface area contributed by atoms with Crippen LogP contribution in [-0.2, 0) is 0 Å². The Hall–Kier alpha value is -0.570. The Labute approximate surface area is 55.6 Å². The minimum Gasteiger partial charge on any atom is -0.372 e. The van der Waals surface area contributed by atoms with Crippen molar-refractivity contribution >= 4 is 5.84 Å². The van der Waals surface area contributed by atoms with E-state index >= 15 is 0 Å². The van der Waals surface area contributed by atoms with Crippen LogP contribution < -0.4 is 10.6 Å². The van der Waals surface area contributed by atoms with Crippen molar-refractivity contribution in [3.8, 4) is 0 Å². The van der Waals surface area contributed by atoms with Crippen LogP contribution in [0.25, 0.3) is 0 Å². The average molecular weight is 127 g/mol. The quantitative estimate of drug-likeness (QED) is 0.541. The number of nitrogens with one attached hydrogen (secondary N) is 2. The fraction of sp³-hybridized carbons (Fsp3) is 0.833. The SMILES string of the molecule is CNCCC1=NCCN1. The fourth-order valence-electron chi connectivity index (χ4n) is 0.858. The van der Waals surface area contributed by atoms with E-state index in [1.807, 2.05) is 7.05 Å². The molecule has 0 fully saturated rings. The number of aliphatic imine (C=N–C) groups is 1. The molecule has 2 N–H and O–H groups in total. The van der Waals surface area contributed by atoms with Crippen molar-refractivity contribution in [2.75, 3.05) is 26.7 Å². The third-order valence-electron chi connectivity index (χ3n) is 1.36. The van der Waals surface area contributed by atoms with Crippen molar-refractivity contribution in [2.24, 2.45) is 4.99 Å². The zero-order chi connectivity index (χ0) is 6.53. The lowest BCUT2D eigenvalue weighted by atomic mass is 10.4. The molecule has 0 saturated carbocycles. The highest BCUT2D eigenvalue weighted by molar-refractivity contribution is 5.83. The van der Waals surface area contributed by atoms with E-state index in [1.54, 1.807) is 0 Å². The molecule has 0 aliphatic carbocycles. The van der Waals surface area contributed by atoms with Gasteiger partial charge < -0.3 is 10.6 Å². The van der Waals surface area contributed by atoms with Gasteiger partial charge in [-0.1, -0.05) is 0 Å². The maximum absolute atomic E-state index is 4.24. The van der Waals surface area contributed by atoms with Crippen molar-refractivity contribution in [3.63, 3.8) is 0 Å². The molecule has 0 saturated heterocycles. The summed E-state index contributed by atoms with van der Waals surface area (Å²) in [7, 11) is 1.95. The number of rotatable bonds is 3. The molecule has 52 valence electrons. The molecule has 0 amide bonds. The predicted molar refractivity (Wildman–Crippen MR) is 38.8 cm³/mol. The van der Waals surface area contributed by atoms with Gasteiger partial charge in [-0.3, -0.25) is 4.99 Å². The maximum Gasteiger partial charge on any atom is 0.0977 e. The standard InChI is InChI=1S/C6H13N3/c1-7-3-2-6-8-4-5-9-6/h7H,2-5H2,1H3,(H,8,9). The van der Waals surface area contributed by atoms with Crippen molar-refractivity contribution in [1.29, 1.82) is 0 Å². The molecule has 0 radical (unpaired) electrons. The van der Waals surface area contributed by atoms with Crippen molar-refractivity contribution in [2.45, 2.75) is 6.42 Å². The molecule has 3 nitrogen and oxygen atoms in total. The summed E-state index contributed by atoms with van der Waals surface area (Å²) in [5.74, 6) is 1.16. The minimum atomic E-state index is 0.957. The second-order valence-corrected chi connectivity index (χ2v) is 2.11. The molecular formula is C6H13N3. The topological polar surface area (TPSA) is 36.4 Å². The van der Waals surface area contributed by atoms with Crippen LogP contribution in [0.15, 0.2) is 4.99 Å². The van der Waals surface area contributed by atoms with Crippen LogP contribution in [0.2, 0.25) is 0 Å². The summed E-state index contributed by atoms with van der Waals surface area (Å²) in [6.45, 7) is 3.00. The molecule has 0 bridgehead atoms. The van der Waals surface area contributed by atoms with E-state index in [9.17, 15) is 0 Å². The summed E-state index contributed by atoms with van der Waals surface area (Å²) >= 11 is 0. The van der Waals surface area contributed by atoms with Crippen LogP contribution in [-0.4, -0.2) is 32.5 Å². The first-order chi connectivity index (χ1) is 4.43. The summed E-state index contributed by atoms with van der Waals surface area (Å²) in [5, 5.41) is 6.28. The molecule has 1 aliphatic rings. The second kappa shape index (κ2) is 3.45. The van der Waals surface area contributed by atoms with Crippen molar-refractivity contribution < 1.29 is 0 Å². The fourth-order valence-corrected chi connectivity index (χ4v) is 0.858. The third-order valence-corrected chi connectivity index (χ3v) is 1.36. The summed E-state index contributed by atoms with van der Waals surface area (Å²) in [5.41, 5.74) is 0. The van der Waals surface area contributed by atoms with E-state index in [4.69, 9.17) is 0 Å². The first-order valence-electron chi connectivity index (χ1n) is 3.35. The minimum absolute atomic E-state index is 0.957. The van der Waals surface area contributed by atoms with Gasteiger partial charge >= 0.3 is 0 Å². The van der Waals surface area contributed by atoms with Gasteiger partial charge in [0.25, 0.3) is 0 Å². The van der Waals surface area contributed by atoms with E-state index in [0.29, 0.717) is 0 Å². The lowest BCUT2D eigenvalue weighted by Gasteiger charge is -1.98. The Morgan fingerprint density at radius 2 is 2.67 bits per heavy atom. The summed E-state index contributed by atoms with van der Waals surface area (Å²) < 4.78 is 0. The summed E-state index contributed by atoms with van der Waals surface area (Å²) in [6.07, 6.45) is 1.04. The molecule has 0 aromatic rings. The maximum atomic E-state index is 4.24. The highest BCUT2D eigenvalue weighted by Gasteiger charge is 2.01. The molecule has 0 unspecified atom stereocenters. The van der Waals surface area contributed by atoms with E-state index in [1.165, 1.54) is 0 Å². The lowest BCUT2D eigenvalue weighted by Crippen LogP contribution is -2.22. The van der Waals surface area contributed by atoms with Crippen LogP contribution in [0.1, 0.15) is 6.42 Å². The lowest BCUT2D eigenvalue weighted by molar-refractivity contribution is 0.812. The zero-order valence-corrected chi connectivity index (χ0v) is 5.78. The molecule has 3 heteroatoms. The van der Waals surface area contributed by atoms with E-state index in [0.717, 1.165) is 31.9 Å². The molecule has 0 aromatic carbocycles. The van der Waals surface area contributed by atoms with Gasteiger partial charge in [-0.2, -0.15) is 0 Å². The third kappa shape index (κ3) is 2.01. The van der Waals surface area contributed by atoms with E-state index in [-0.39, 0.29) is 0 Å². The van der Waals surface area contributed by atoms with Gasteiger partial charge in [0.15, 0.2) is 0 Å². The van der Waals surface area contributed by atoms with Gasteiger partial charge in [-0.05, 0) is 7.05 Å². The Morgan fingerprint density at radius 1 is 1.78 bits per heavy atom. The predicted octanol–water partition coefficient (Wildman–Crippen LogP) is -0.402. The number of nitrogens with zero attached hydrogens (tertiary/aromatic N) is 1. The van der Waals surface area contributed by atoms with Gasteiger partial charge in [0.1, 0.15) is 0 Å². The first-order valence-corrected chi connectivity index (χ1v) is 3.35. The summed E-state index contributed by atoms with van der Waals surface area (Å²) in [6, 6.07) is 0. The normalized spacial score (nSPS) is 17.2. The van der Waals surface area contributed by atoms with Gasteiger partial charge in [-0.25, -0.2) is 0 Å². The monoisotopic (exact) mass is 127 g/mol. The van der Waals surface area contributed by atoms with Crippen molar-refractivity contribution in [3.05, 3.63) is 0 Å². The second-order valence-electron chi connectivity index (χ2n) is 2.11. The zero-order valence-electron chi connectivity index (χ0n) is 5.78. The largest absolute Gasteiger partial charge is 0.372 e. The number of hydrogen-bond acceptors (Lipinski definition) is 3. The highest BCUT2D eigenvalue weighted by Crippen LogP contribution is 1.88. The molecule has 1 heterocycles.